The molecule has 2 N–H and O–H groups in total. The highest BCUT2D eigenvalue weighted by Crippen LogP contribution is 2.30. The van der Waals surface area contributed by atoms with E-state index in [4.69, 9.17) is 22.1 Å². The minimum absolute atomic E-state index is 0.138. The predicted molar refractivity (Wildman–Crippen MR) is 87.4 cm³/mol. The smallest absolute Gasteiger partial charge is 0.120 e. The molecule has 0 aliphatic carbocycles. The molecule has 0 bridgehead atoms. The van der Waals surface area contributed by atoms with Crippen LogP contribution in [0.2, 0.25) is 5.02 Å². The first-order valence-electron chi connectivity index (χ1n) is 6.44. The number of rotatable bonds is 4. The Morgan fingerprint density at radius 2 is 1.90 bits per heavy atom. The first-order chi connectivity index (χ1) is 9.47. The Morgan fingerprint density at radius 3 is 2.60 bits per heavy atom. The largest absolute Gasteiger partial charge is 0.491 e. The van der Waals surface area contributed by atoms with E-state index in [-0.39, 0.29) is 12.1 Å². The van der Waals surface area contributed by atoms with Crippen molar-refractivity contribution in [1.82, 2.24) is 0 Å². The van der Waals surface area contributed by atoms with Gasteiger partial charge in [-0.2, -0.15) is 0 Å². The van der Waals surface area contributed by atoms with E-state index in [2.05, 4.69) is 15.9 Å². The third-order valence-corrected chi connectivity index (χ3v) is 3.84. The van der Waals surface area contributed by atoms with Gasteiger partial charge in [0, 0.05) is 9.50 Å². The van der Waals surface area contributed by atoms with E-state index in [1.807, 2.05) is 56.3 Å². The summed E-state index contributed by atoms with van der Waals surface area (Å²) >= 11 is 9.56. The van der Waals surface area contributed by atoms with Crippen molar-refractivity contribution < 1.29 is 4.74 Å². The molecule has 0 aliphatic rings. The summed E-state index contributed by atoms with van der Waals surface area (Å²) in [4.78, 5) is 0. The average molecular weight is 355 g/mol. The minimum Gasteiger partial charge on any atom is -0.491 e. The molecule has 0 radical (unpaired) electrons. The predicted octanol–water partition coefficient (Wildman–Crippen LogP) is 4.94. The molecule has 0 saturated carbocycles. The molecule has 4 heteroatoms. The molecule has 2 rings (SSSR count). The van der Waals surface area contributed by atoms with Crippen LogP contribution >= 0.6 is 27.5 Å². The number of halogens is 2. The van der Waals surface area contributed by atoms with E-state index in [1.54, 1.807) is 0 Å². The second-order valence-corrected chi connectivity index (χ2v) is 6.17. The first-order valence-corrected chi connectivity index (χ1v) is 7.61. The monoisotopic (exact) mass is 353 g/mol. The van der Waals surface area contributed by atoms with Crippen molar-refractivity contribution in [2.45, 2.75) is 26.0 Å². The van der Waals surface area contributed by atoms with Gasteiger partial charge in [-0.15, -0.1) is 0 Å². The molecule has 2 aromatic carbocycles. The first kappa shape index (κ1) is 15.4. The maximum atomic E-state index is 6.34. The van der Waals surface area contributed by atoms with Gasteiger partial charge in [0.25, 0.3) is 0 Å². The quantitative estimate of drug-likeness (QED) is 0.844. The van der Waals surface area contributed by atoms with Crippen LogP contribution in [0.25, 0.3) is 0 Å². The van der Waals surface area contributed by atoms with E-state index in [1.165, 1.54) is 0 Å². The maximum Gasteiger partial charge on any atom is 0.120 e. The van der Waals surface area contributed by atoms with Gasteiger partial charge >= 0.3 is 0 Å². The Hall–Kier alpha value is -1.03. The molecule has 0 aliphatic heterocycles. The molecule has 0 amide bonds. The molecular formula is C16H17BrClNO. The molecule has 1 unspecified atom stereocenters. The molecule has 2 nitrogen and oxygen atoms in total. The zero-order valence-corrected chi connectivity index (χ0v) is 13.8. The highest BCUT2D eigenvalue weighted by Gasteiger charge is 2.13. The van der Waals surface area contributed by atoms with Gasteiger partial charge in [0.1, 0.15) is 5.75 Å². The number of hydrogen-bond donors (Lipinski definition) is 1. The molecule has 106 valence electrons. The van der Waals surface area contributed by atoms with Gasteiger partial charge in [-0.25, -0.2) is 0 Å². The van der Waals surface area contributed by atoms with E-state index >= 15 is 0 Å². The van der Waals surface area contributed by atoms with Gasteiger partial charge in [-0.05, 0) is 55.3 Å². The molecule has 0 saturated heterocycles. The highest BCUT2D eigenvalue weighted by atomic mass is 79.9. The van der Waals surface area contributed by atoms with Gasteiger partial charge in [-0.1, -0.05) is 39.7 Å². The summed E-state index contributed by atoms with van der Waals surface area (Å²) in [5, 5.41) is 0.674. The van der Waals surface area contributed by atoms with Crippen LogP contribution in [0.4, 0.5) is 0 Å². The van der Waals surface area contributed by atoms with Gasteiger partial charge in [-0.3, -0.25) is 0 Å². The van der Waals surface area contributed by atoms with Gasteiger partial charge in [0.05, 0.1) is 12.1 Å². The molecular weight excluding hydrogens is 338 g/mol. The second-order valence-electron chi connectivity index (χ2n) is 4.88. The summed E-state index contributed by atoms with van der Waals surface area (Å²) in [5.74, 6) is 0.825. The molecule has 0 spiro atoms. The van der Waals surface area contributed by atoms with Crippen LogP contribution in [-0.4, -0.2) is 6.10 Å². The topological polar surface area (TPSA) is 35.2 Å². The Kier molecular flexibility index (Phi) is 5.08. The fraction of sp³-hybridized carbons (Fsp3) is 0.250. The zero-order valence-electron chi connectivity index (χ0n) is 11.4. The Bertz CT molecular complexity index is 601. The standard InChI is InChI=1S/C16H17BrClNO/c1-10(2)20-13-5-3-4-11(8-13)16(19)14-9-12(18)6-7-15(14)17/h3-10,16H,19H2,1-2H3. The summed E-state index contributed by atoms with van der Waals surface area (Å²) < 4.78 is 6.65. The number of hydrogen-bond acceptors (Lipinski definition) is 2. The average Bonchev–Trinajstić information content (AvgIpc) is 2.40. The van der Waals surface area contributed by atoms with Crippen LogP contribution in [0.5, 0.6) is 5.75 Å². The third-order valence-electron chi connectivity index (χ3n) is 2.88. The van der Waals surface area contributed by atoms with Crippen molar-refractivity contribution >= 4 is 27.5 Å². The van der Waals surface area contributed by atoms with Crippen molar-refractivity contribution in [2.75, 3.05) is 0 Å². The lowest BCUT2D eigenvalue weighted by Crippen LogP contribution is -2.13. The number of benzene rings is 2. The van der Waals surface area contributed by atoms with Crippen molar-refractivity contribution in [1.29, 1.82) is 0 Å². The van der Waals surface area contributed by atoms with E-state index in [0.29, 0.717) is 5.02 Å². The summed E-state index contributed by atoms with van der Waals surface area (Å²) in [7, 11) is 0. The fourth-order valence-corrected chi connectivity index (χ4v) is 2.66. The number of ether oxygens (including phenoxy) is 1. The van der Waals surface area contributed by atoms with Crippen LogP contribution in [0.1, 0.15) is 31.0 Å². The summed E-state index contributed by atoms with van der Waals surface area (Å²) in [6.07, 6.45) is 0.138. The molecule has 20 heavy (non-hydrogen) atoms. The van der Waals surface area contributed by atoms with Crippen LogP contribution in [-0.2, 0) is 0 Å². The lowest BCUT2D eigenvalue weighted by molar-refractivity contribution is 0.242. The van der Waals surface area contributed by atoms with E-state index < -0.39 is 0 Å². The van der Waals surface area contributed by atoms with E-state index in [0.717, 1.165) is 21.3 Å². The van der Waals surface area contributed by atoms with E-state index in [9.17, 15) is 0 Å². The van der Waals surface area contributed by atoms with Crippen LogP contribution < -0.4 is 10.5 Å². The molecule has 0 fully saturated rings. The Labute approximate surface area is 133 Å². The second kappa shape index (κ2) is 6.61. The van der Waals surface area contributed by atoms with Crippen molar-refractivity contribution in [2.24, 2.45) is 5.73 Å². The minimum atomic E-state index is -0.251. The lowest BCUT2D eigenvalue weighted by Gasteiger charge is -2.17. The van der Waals surface area contributed by atoms with Crippen molar-refractivity contribution in [3.8, 4) is 5.75 Å². The van der Waals surface area contributed by atoms with Crippen LogP contribution in [0, 0.1) is 0 Å². The normalized spacial score (nSPS) is 12.5. The molecule has 1 atom stereocenters. The maximum absolute atomic E-state index is 6.34. The Morgan fingerprint density at radius 1 is 1.15 bits per heavy atom. The summed E-state index contributed by atoms with van der Waals surface area (Å²) in [6.45, 7) is 4.00. The van der Waals surface area contributed by atoms with Crippen LogP contribution in [0.3, 0.4) is 0 Å². The fourth-order valence-electron chi connectivity index (χ4n) is 1.99. The summed E-state index contributed by atoms with van der Waals surface area (Å²) in [6, 6.07) is 13.2. The lowest BCUT2D eigenvalue weighted by atomic mass is 9.99. The van der Waals surface area contributed by atoms with Crippen LogP contribution in [0.15, 0.2) is 46.9 Å². The van der Waals surface area contributed by atoms with Gasteiger partial charge < -0.3 is 10.5 Å². The van der Waals surface area contributed by atoms with Gasteiger partial charge in [0.2, 0.25) is 0 Å². The third kappa shape index (κ3) is 3.75. The molecule has 0 aromatic heterocycles. The molecule has 0 heterocycles. The number of nitrogens with two attached hydrogens (primary N) is 1. The summed E-state index contributed by atoms with van der Waals surface area (Å²) in [5.41, 5.74) is 8.29. The molecule has 2 aromatic rings. The SMILES string of the molecule is CC(C)Oc1cccc(C(N)c2cc(Cl)ccc2Br)c1. The van der Waals surface area contributed by atoms with Crippen molar-refractivity contribution in [3.05, 3.63) is 63.1 Å². The zero-order chi connectivity index (χ0) is 14.7. The van der Waals surface area contributed by atoms with Crippen molar-refractivity contribution in [3.63, 3.8) is 0 Å². The van der Waals surface area contributed by atoms with Gasteiger partial charge in [0.15, 0.2) is 0 Å². The highest BCUT2D eigenvalue weighted by molar-refractivity contribution is 9.10. The Balaban J connectivity index is 2.33.